The van der Waals surface area contributed by atoms with Crippen LogP contribution in [-0.2, 0) is 9.53 Å². The van der Waals surface area contributed by atoms with E-state index in [0.29, 0.717) is 58.9 Å². The molecule has 3 heterocycles. The maximum atomic E-state index is 12.9. The number of halogens is 1. The van der Waals surface area contributed by atoms with Crippen LogP contribution in [-0.4, -0.2) is 57.3 Å². The molecule has 0 spiro atoms. The molecule has 4 aromatic rings. The first-order valence-corrected chi connectivity index (χ1v) is 14.4. The van der Waals surface area contributed by atoms with Crippen molar-refractivity contribution in [2.75, 3.05) is 18.5 Å². The Kier molecular flexibility index (Phi) is 7.50. The van der Waals surface area contributed by atoms with Gasteiger partial charge in [-0.1, -0.05) is 22.9 Å². The number of hydrogen-bond donors (Lipinski definition) is 1. The Bertz CT molecular complexity index is 1590. The van der Waals surface area contributed by atoms with Crippen molar-refractivity contribution in [1.82, 2.24) is 20.1 Å². The number of hydrogen-bond acceptors (Lipinski definition) is 11. The van der Waals surface area contributed by atoms with Crippen LogP contribution in [0.1, 0.15) is 42.6 Å². The number of aryl methyl sites for hydroxylation is 1. The summed E-state index contributed by atoms with van der Waals surface area (Å²) in [7, 11) is 0. The molecule has 1 aliphatic carbocycles. The molecule has 212 valence electrons. The highest BCUT2D eigenvalue weighted by Crippen LogP contribution is 2.37. The molecule has 0 bridgehead atoms. The van der Waals surface area contributed by atoms with Gasteiger partial charge in [0.2, 0.25) is 11.8 Å². The third-order valence-electron chi connectivity index (χ3n) is 6.51. The first kappa shape index (κ1) is 27.0. The first-order chi connectivity index (χ1) is 19.9. The van der Waals surface area contributed by atoms with Gasteiger partial charge >= 0.3 is 5.97 Å². The zero-order valence-electron chi connectivity index (χ0n) is 22.3. The number of ether oxygens (including phenoxy) is 3. The molecule has 1 saturated carbocycles. The molecule has 1 saturated heterocycles. The molecule has 1 atom stereocenters. The molecule has 0 radical (unpaired) electrons. The number of nitrogens with zero attached hydrogens (tertiary/aromatic N) is 4. The molecule has 2 aromatic heterocycles. The largest absolute Gasteiger partial charge is 0.480 e. The van der Waals surface area contributed by atoms with Gasteiger partial charge in [-0.05, 0) is 44.0 Å². The van der Waals surface area contributed by atoms with Gasteiger partial charge in [-0.2, -0.15) is 0 Å². The molecule has 1 N–H and O–H groups in total. The van der Waals surface area contributed by atoms with Crippen molar-refractivity contribution in [2.24, 2.45) is 0 Å². The SMILES string of the molecule is CCOC(=O)c1nc(Nc2cc(Oc3ccc(-c4nnc(C)o4)cc3)cc(OC3CCN(C4CC4)C3=O)c2)sc1Cl. The normalized spacial score (nSPS) is 16.6. The molecular weight excluding hydrogens is 570 g/mol. The van der Waals surface area contributed by atoms with Crippen LogP contribution in [0.4, 0.5) is 10.8 Å². The minimum absolute atomic E-state index is 0.00552. The fourth-order valence-electron chi connectivity index (χ4n) is 4.49. The van der Waals surface area contributed by atoms with Crippen molar-refractivity contribution in [3.8, 4) is 28.7 Å². The van der Waals surface area contributed by atoms with Crippen molar-refractivity contribution in [1.29, 1.82) is 0 Å². The molecule has 41 heavy (non-hydrogen) atoms. The lowest BCUT2D eigenvalue weighted by Crippen LogP contribution is -2.33. The molecular formula is C28H26ClN5O6S. The third kappa shape index (κ3) is 6.13. The maximum absolute atomic E-state index is 12.9. The van der Waals surface area contributed by atoms with Gasteiger partial charge in [0.05, 0.1) is 6.61 Å². The Morgan fingerprint density at radius 1 is 1.12 bits per heavy atom. The average Bonchev–Trinajstić information content (AvgIpc) is 3.43. The summed E-state index contributed by atoms with van der Waals surface area (Å²) in [6, 6.07) is 12.8. The molecule has 1 unspecified atom stereocenters. The van der Waals surface area contributed by atoms with Crippen molar-refractivity contribution < 1.29 is 28.2 Å². The second kappa shape index (κ2) is 11.4. The first-order valence-electron chi connectivity index (χ1n) is 13.2. The van der Waals surface area contributed by atoms with Gasteiger partial charge in [0.25, 0.3) is 5.91 Å². The summed E-state index contributed by atoms with van der Waals surface area (Å²) in [5, 5.41) is 11.5. The molecule has 1 amide bonds. The monoisotopic (exact) mass is 595 g/mol. The molecule has 13 heteroatoms. The van der Waals surface area contributed by atoms with Crippen LogP contribution < -0.4 is 14.8 Å². The summed E-state index contributed by atoms with van der Waals surface area (Å²) in [5.74, 6) is 1.78. The van der Waals surface area contributed by atoms with Crippen LogP contribution in [0.5, 0.6) is 17.2 Å². The summed E-state index contributed by atoms with van der Waals surface area (Å²) >= 11 is 7.36. The minimum atomic E-state index is -0.595. The highest BCUT2D eigenvalue weighted by molar-refractivity contribution is 7.19. The van der Waals surface area contributed by atoms with Gasteiger partial charge < -0.3 is 28.8 Å². The lowest BCUT2D eigenvalue weighted by atomic mass is 10.2. The second-order valence-corrected chi connectivity index (χ2v) is 11.2. The highest BCUT2D eigenvalue weighted by atomic mass is 35.5. The fourth-order valence-corrected chi connectivity index (χ4v) is 5.53. The molecule has 6 rings (SSSR count). The van der Waals surface area contributed by atoms with Crippen molar-refractivity contribution in [3.63, 3.8) is 0 Å². The van der Waals surface area contributed by atoms with Crippen LogP contribution in [0.25, 0.3) is 11.5 Å². The Morgan fingerprint density at radius 2 is 1.90 bits per heavy atom. The molecule has 2 aliphatic rings. The summed E-state index contributed by atoms with van der Waals surface area (Å²) in [4.78, 5) is 31.3. The number of nitrogens with one attached hydrogen (secondary N) is 1. The van der Waals surface area contributed by atoms with Crippen LogP contribution in [0.15, 0.2) is 46.9 Å². The van der Waals surface area contributed by atoms with E-state index >= 15 is 0 Å². The molecule has 2 fully saturated rings. The van der Waals surface area contributed by atoms with Crippen LogP contribution in [0, 0.1) is 6.92 Å². The lowest BCUT2D eigenvalue weighted by molar-refractivity contribution is -0.133. The van der Waals surface area contributed by atoms with Gasteiger partial charge in [0.1, 0.15) is 21.6 Å². The zero-order valence-corrected chi connectivity index (χ0v) is 23.8. The summed E-state index contributed by atoms with van der Waals surface area (Å²) < 4.78 is 23.1. The number of likely N-dealkylation sites (tertiary alicyclic amines) is 1. The van der Waals surface area contributed by atoms with Gasteiger partial charge in [-0.15, -0.1) is 10.2 Å². The predicted octanol–water partition coefficient (Wildman–Crippen LogP) is 6.01. The number of esters is 1. The van der Waals surface area contributed by atoms with Crippen LogP contribution >= 0.6 is 22.9 Å². The van der Waals surface area contributed by atoms with E-state index in [4.69, 9.17) is 30.2 Å². The minimum Gasteiger partial charge on any atom is -0.480 e. The average molecular weight is 596 g/mol. The van der Waals surface area contributed by atoms with E-state index < -0.39 is 12.1 Å². The quantitative estimate of drug-likeness (QED) is 0.218. The number of amides is 1. The number of carbonyl (C=O) groups excluding carboxylic acids is 2. The molecule has 2 aromatic carbocycles. The lowest BCUT2D eigenvalue weighted by Gasteiger charge is -2.17. The Labute approximate surface area is 244 Å². The maximum Gasteiger partial charge on any atom is 0.359 e. The van der Waals surface area contributed by atoms with E-state index in [1.807, 2.05) is 17.0 Å². The topological polar surface area (TPSA) is 129 Å². The Balaban J connectivity index is 1.25. The smallest absolute Gasteiger partial charge is 0.359 e. The van der Waals surface area contributed by atoms with E-state index in [2.05, 4.69) is 20.5 Å². The van der Waals surface area contributed by atoms with Gasteiger partial charge in [-0.3, -0.25) is 4.79 Å². The molecule has 1 aliphatic heterocycles. The highest BCUT2D eigenvalue weighted by Gasteiger charge is 2.41. The van der Waals surface area contributed by atoms with E-state index in [9.17, 15) is 9.59 Å². The second-order valence-electron chi connectivity index (χ2n) is 9.59. The fraction of sp³-hybridized carbons (Fsp3) is 0.321. The van der Waals surface area contributed by atoms with E-state index in [1.54, 1.807) is 44.2 Å². The molecule has 11 nitrogen and oxygen atoms in total. The number of aromatic nitrogens is 3. The van der Waals surface area contributed by atoms with Crippen molar-refractivity contribution >= 4 is 45.6 Å². The zero-order chi connectivity index (χ0) is 28.5. The summed E-state index contributed by atoms with van der Waals surface area (Å²) in [5.41, 5.74) is 1.37. The van der Waals surface area contributed by atoms with Crippen LogP contribution in [0.3, 0.4) is 0 Å². The number of carbonyl (C=O) groups is 2. The summed E-state index contributed by atoms with van der Waals surface area (Å²) in [6.45, 7) is 4.34. The van der Waals surface area contributed by atoms with Crippen LogP contribution in [0.2, 0.25) is 4.34 Å². The van der Waals surface area contributed by atoms with E-state index in [1.165, 1.54) is 0 Å². The Hall–Kier alpha value is -4.16. The van der Waals surface area contributed by atoms with E-state index in [-0.39, 0.29) is 22.5 Å². The standard InChI is InChI=1S/C28H26ClN5O6S/c1-3-37-27(36)23-24(29)41-28(31-23)30-17-12-20(39-19-8-4-16(5-9-19)25-33-32-15(2)38-25)14-21(13-17)40-22-10-11-34(26(22)35)18-6-7-18/h4-5,8-9,12-14,18,22H,3,6-7,10-11H2,1-2H3,(H,30,31). The number of anilines is 2. The van der Waals surface area contributed by atoms with Crippen molar-refractivity contribution in [3.05, 3.63) is 58.4 Å². The predicted molar refractivity (Wildman–Crippen MR) is 151 cm³/mol. The number of thiazole rings is 1. The van der Waals surface area contributed by atoms with Crippen molar-refractivity contribution in [2.45, 2.75) is 45.3 Å². The van der Waals surface area contributed by atoms with Gasteiger partial charge in [-0.25, -0.2) is 9.78 Å². The number of rotatable bonds is 10. The van der Waals surface area contributed by atoms with Gasteiger partial charge in [0, 0.05) is 55.4 Å². The van der Waals surface area contributed by atoms with Gasteiger partial charge in [0.15, 0.2) is 16.9 Å². The third-order valence-corrected chi connectivity index (χ3v) is 7.68. The van der Waals surface area contributed by atoms with E-state index in [0.717, 1.165) is 29.7 Å². The summed E-state index contributed by atoms with van der Waals surface area (Å²) in [6.07, 6.45) is 2.14. The number of benzene rings is 2. The Morgan fingerprint density at radius 3 is 2.61 bits per heavy atom.